The molecule has 7 heteroatoms. The first kappa shape index (κ1) is 20.2. The van der Waals surface area contributed by atoms with Crippen LogP contribution in [0, 0.1) is 12.7 Å². The fourth-order valence-electron chi connectivity index (χ4n) is 2.96. The molecule has 0 spiro atoms. The molecule has 1 N–H and O–H groups in total. The first-order chi connectivity index (χ1) is 14.4. The highest BCUT2D eigenvalue weighted by Crippen LogP contribution is 2.38. The number of aryl methyl sites for hydroxylation is 1. The van der Waals surface area contributed by atoms with Gasteiger partial charge in [-0.2, -0.15) is 0 Å². The zero-order valence-electron chi connectivity index (χ0n) is 15.9. The van der Waals surface area contributed by atoms with Crippen LogP contribution < -0.4 is 10.2 Å². The molecule has 30 heavy (non-hydrogen) atoms. The van der Waals surface area contributed by atoms with Crippen LogP contribution in [0.3, 0.4) is 0 Å². The Morgan fingerprint density at radius 3 is 2.30 bits per heavy atom. The zero-order valence-corrected chi connectivity index (χ0v) is 17.4. The van der Waals surface area contributed by atoms with E-state index < -0.39 is 17.6 Å². The summed E-state index contributed by atoms with van der Waals surface area (Å²) in [6, 6.07) is 20.5. The number of amides is 2. The monoisotopic (exact) mass is 438 g/mol. The van der Waals surface area contributed by atoms with Crippen molar-refractivity contribution >= 4 is 46.6 Å². The largest absolute Gasteiger partial charge is 0.350 e. The number of benzene rings is 3. The number of imide groups is 1. The van der Waals surface area contributed by atoms with E-state index in [9.17, 15) is 14.0 Å². The summed E-state index contributed by atoms with van der Waals surface area (Å²) in [6.45, 7) is 1.96. The maximum atomic E-state index is 13.6. The van der Waals surface area contributed by atoms with Crippen LogP contribution in [0.15, 0.2) is 88.3 Å². The van der Waals surface area contributed by atoms with Gasteiger partial charge in [-0.3, -0.25) is 9.59 Å². The summed E-state index contributed by atoms with van der Waals surface area (Å²) in [5.74, 6) is -1.64. The number of carbonyl (C=O) groups is 2. The minimum atomic E-state index is -0.621. The van der Waals surface area contributed by atoms with Crippen molar-refractivity contribution in [2.75, 3.05) is 10.2 Å². The standard InChI is InChI=1S/C23H16ClFN2O2S/c1-14-7-9-15(10-8-14)26-20-21(30-17-5-3-2-4-6-17)23(29)27(22(20)28)16-11-12-19(25)18(24)13-16/h2-13,26H,1H3. The molecule has 0 saturated heterocycles. The number of carbonyl (C=O) groups excluding carboxylic acids is 2. The molecule has 0 atom stereocenters. The second-order valence-corrected chi connectivity index (χ2v) is 8.15. The van der Waals surface area contributed by atoms with E-state index in [-0.39, 0.29) is 21.3 Å². The SMILES string of the molecule is Cc1ccc(NC2=C(Sc3ccccc3)C(=O)N(c3ccc(F)c(Cl)c3)C2=O)cc1. The molecular formula is C23H16ClFN2O2S. The third kappa shape index (κ3) is 3.97. The summed E-state index contributed by atoms with van der Waals surface area (Å²) < 4.78 is 13.6. The zero-order chi connectivity index (χ0) is 21.3. The van der Waals surface area contributed by atoms with Crippen LogP contribution >= 0.6 is 23.4 Å². The molecular weight excluding hydrogens is 423 g/mol. The van der Waals surface area contributed by atoms with Crippen molar-refractivity contribution in [2.45, 2.75) is 11.8 Å². The van der Waals surface area contributed by atoms with E-state index in [2.05, 4.69) is 5.32 Å². The number of anilines is 2. The second-order valence-electron chi connectivity index (χ2n) is 6.65. The number of nitrogens with zero attached hydrogens (tertiary/aromatic N) is 1. The predicted molar refractivity (Wildman–Crippen MR) is 118 cm³/mol. The molecule has 1 aliphatic rings. The van der Waals surface area contributed by atoms with Crippen molar-refractivity contribution in [2.24, 2.45) is 0 Å². The molecule has 1 heterocycles. The summed E-state index contributed by atoms with van der Waals surface area (Å²) in [5.41, 5.74) is 2.13. The lowest BCUT2D eigenvalue weighted by Crippen LogP contribution is -2.32. The maximum Gasteiger partial charge on any atom is 0.283 e. The lowest BCUT2D eigenvalue weighted by molar-refractivity contribution is -0.120. The Labute approximate surface area is 182 Å². The van der Waals surface area contributed by atoms with Crippen molar-refractivity contribution in [1.82, 2.24) is 0 Å². The molecule has 4 rings (SSSR count). The molecule has 3 aromatic rings. The van der Waals surface area contributed by atoms with Gasteiger partial charge in [-0.15, -0.1) is 0 Å². The summed E-state index contributed by atoms with van der Waals surface area (Å²) >= 11 is 7.07. The molecule has 0 fully saturated rings. The van der Waals surface area contributed by atoms with E-state index in [0.29, 0.717) is 5.69 Å². The minimum absolute atomic E-state index is 0.162. The first-order valence-corrected chi connectivity index (χ1v) is 10.3. The van der Waals surface area contributed by atoms with Gasteiger partial charge in [0, 0.05) is 10.6 Å². The number of rotatable bonds is 5. The van der Waals surface area contributed by atoms with Crippen LogP contribution in [0.2, 0.25) is 5.02 Å². The van der Waals surface area contributed by atoms with Gasteiger partial charge in [0.1, 0.15) is 16.4 Å². The number of nitrogens with one attached hydrogen (secondary N) is 1. The Hall–Kier alpha value is -3.09. The number of hydrogen-bond acceptors (Lipinski definition) is 4. The fourth-order valence-corrected chi connectivity index (χ4v) is 4.08. The average molecular weight is 439 g/mol. The van der Waals surface area contributed by atoms with Gasteiger partial charge in [-0.05, 0) is 49.4 Å². The van der Waals surface area contributed by atoms with Crippen LogP contribution in [-0.2, 0) is 9.59 Å². The van der Waals surface area contributed by atoms with Crippen molar-refractivity contribution < 1.29 is 14.0 Å². The van der Waals surface area contributed by atoms with E-state index in [1.165, 1.54) is 23.9 Å². The lowest BCUT2D eigenvalue weighted by Gasteiger charge is -2.15. The lowest BCUT2D eigenvalue weighted by atomic mass is 10.2. The van der Waals surface area contributed by atoms with Crippen molar-refractivity contribution in [3.8, 4) is 0 Å². The van der Waals surface area contributed by atoms with Gasteiger partial charge >= 0.3 is 0 Å². The molecule has 4 nitrogen and oxygen atoms in total. The Kier molecular flexibility index (Phi) is 5.61. The Morgan fingerprint density at radius 2 is 1.63 bits per heavy atom. The Balaban J connectivity index is 1.75. The molecule has 0 bridgehead atoms. The molecule has 0 radical (unpaired) electrons. The van der Waals surface area contributed by atoms with Gasteiger partial charge in [0.2, 0.25) is 0 Å². The first-order valence-electron chi connectivity index (χ1n) is 9.09. The molecule has 1 aliphatic heterocycles. The summed E-state index contributed by atoms with van der Waals surface area (Å²) in [6.07, 6.45) is 0. The minimum Gasteiger partial charge on any atom is -0.350 e. The molecule has 3 aromatic carbocycles. The Morgan fingerprint density at radius 1 is 0.933 bits per heavy atom. The van der Waals surface area contributed by atoms with Crippen LogP contribution in [0.1, 0.15) is 5.56 Å². The van der Waals surface area contributed by atoms with Gasteiger partial charge in [0.25, 0.3) is 11.8 Å². The quantitative estimate of drug-likeness (QED) is 0.513. The van der Waals surface area contributed by atoms with E-state index in [1.54, 1.807) is 0 Å². The second kappa shape index (κ2) is 8.34. The molecule has 0 saturated carbocycles. The summed E-state index contributed by atoms with van der Waals surface area (Å²) in [4.78, 5) is 28.5. The smallest absolute Gasteiger partial charge is 0.283 e. The van der Waals surface area contributed by atoms with Crippen LogP contribution in [0.5, 0.6) is 0 Å². The highest BCUT2D eigenvalue weighted by atomic mass is 35.5. The molecule has 0 unspecified atom stereocenters. The van der Waals surface area contributed by atoms with Crippen molar-refractivity contribution in [3.63, 3.8) is 0 Å². The third-order valence-corrected chi connectivity index (χ3v) is 5.87. The van der Waals surface area contributed by atoms with E-state index in [4.69, 9.17) is 11.6 Å². The molecule has 150 valence electrons. The predicted octanol–water partition coefficient (Wildman–Crippen LogP) is 5.78. The van der Waals surface area contributed by atoms with Crippen LogP contribution in [-0.4, -0.2) is 11.8 Å². The number of hydrogen-bond donors (Lipinski definition) is 1. The topological polar surface area (TPSA) is 49.4 Å². The van der Waals surface area contributed by atoms with E-state index in [0.717, 1.165) is 21.4 Å². The normalized spacial score (nSPS) is 13.9. The van der Waals surface area contributed by atoms with Crippen molar-refractivity contribution in [1.29, 1.82) is 0 Å². The van der Waals surface area contributed by atoms with E-state index >= 15 is 0 Å². The summed E-state index contributed by atoms with van der Waals surface area (Å²) in [5, 5.41) is 2.92. The molecule has 0 aliphatic carbocycles. The summed E-state index contributed by atoms with van der Waals surface area (Å²) in [7, 11) is 0. The highest BCUT2D eigenvalue weighted by Gasteiger charge is 2.40. The fraction of sp³-hybridized carbons (Fsp3) is 0.0435. The van der Waals surface area contributed by atoms with Crippen LogP contribution in [0.4, 0.5) is 15.8 Å². The van der Waals surface area contributed by atoms with Gasteiger partial charge in [-0.25, -0.2) is 9.29 Å². The van der Waals surface area contributed by atoms with Gasteiger partial charge in [0.05, 0.1) is 10.7 Å². The van der Waals surface area contributed by atoms with Crippen molar-refractivity contribution in [3.05, 3.63) is 99.8 Å². The van der Waals surface area contributed by atoms with Gasteiger partial charge in [0.15, 0.2) is 0 Å². The number of thioether (sulfide) groups is 1. The Bertz CT molecular complexity index is 1160. The molecule has 2 amide bonds. The number of halogens is 2. The average Bonchev–Trinajstić information content (AvgIpc) is 2.96. The highest BCUT2D eigenvalue weighted by molar-refractivity contribution is 8.04. The maximum absolute atomic E-state index is 13.6. The van der Waals surface area contributed by atoms with Gasteiger partial charge < -0.3 is 5.32 Å². The van der Waals surface area contributed by atoms with Gasteiger partial charge in [-0.1, -0.05) is 59.3 Å². The molecule has 0 aromatic heterocycles. The third-order valence-electron chi connectivity index (χ3n) is 4.49. The van der Waals surface area contributed by atoms with Crippen LogP contribution in [0.25, 0.3) is 0 Å². The van der Waals surface area contributed by atoms with E-state index in [1.807, 2.05) is 61.5 Å².